The van der Waals surface area contributed by atoms with Gasteiger partial charge in [-0.1, -0.05) is 70.2 Å². The Labute approximate surface area is 331 Å². The van der Waals surface area contributed by atoms with E-state index in [1.165, 1.54) is 22.5 Å². The van der Waals surface area contributed by atoms with Crippen LogP contribution in [0.2, 0.25) is 0 Å². The van der Waals surface area contributed by atoms with Crippen molar-refractivity contribution < 1.29 is 18.7 Å². The van der Waals surface area contributed by atoms with Gasteiger partial charge >= 0.3 is 0 Å². The van der Waals surface area contributed by atoms with Gasteiger partial charge in [-0.15, -0.1) is 0 Å². The summed E-state index contributed by atoms with van der Waals surface area (Å²) in [5.74, 6) is 1.83. The molecule has 0 fully saturated rings. The Kier molecular flexibility index (Phi) is 17.7. The van der Waals surface area contributed by atoms with Gasteiger partial charge in [0.25, 0.3) is 0 Å². The highest BCUT2D eigenvalue weighted by atomic mass is 33.1. The molecule has 2 amide bonds. The molecule has 8 nitrogen and oxygen atoms in total. The molecule has 0 saturated heterocycles. The first-order valence-electron chi connectivity index (χ1n) is 18.7. The molecule has 0 aliphatic heterocycles. The van der Waals surface area contributed by atoms with Crippen LogP contribution in [0.3, 0.4) is 0 Å². The summed E-state index contributed by atoms with van der Waals surface area (Å²) in [6.45, 7) is 3.20. The minimum atomic E-state index is 0.167. The largest absolute Gasteiger partial charge is 0.375 e. The number of aromatic nitrogens is 2. The van der Waals surface area contributed by atoms with Crippen LogP contribution in [0.1, 0.15) is 47.9 Å². The predicted molar refractivity (Wildman–Crippen MR) is 231 cm³/mol. The van der Waals surface area contributed by atoms with Crippen LogP contribution in [0.4, 0.5) is 11.4 Å². The number of benzene rings is 2. The van der Waals surface area contributed by atoms with Crippen molar-refractivity contribution in [2.24, 2.45) is 14.1 Å². The Morgan fingerprint density at radius 1 is 0.500 bits per heavy atom. The molecule has 2 aromatic carbocycles. The van der Waals surface area contributed by atoms with Gasteiger partial charge < -0.3 is 19.6 Å². The molecule has 10 heteroatoms. The third kappa shape index (κ3) is 15.1. The zero-order valence-electron chi connectivity index (χ0n) is 32.9. The fourth-order valence-electron chi connectivity index (χ4n) is 5.67. The van der Waals surface area contributed by atoms with E-state index < -0.39 is 0 Å². The lowest BCUT2D eigenvalue weighted by Crippen LogP contribution is -2.30. The summed E-state index contributed by atoms with van der Waals surface area (Å²) < 4.78 is 4.05. The molecule has 286 valence electrons. The van der Waals surface area contributed by atoms with E-state index in [1.54, 1.807) is 21.6 Å². The second-order valence-corrected chi connectivity index (χ2v) is 16.5. The Morgan fingerprint density at radius 3 is 1.15 bits per heavy atom. The lowest BCUT2D eigenvalue weighted by Gasteiger charge is -2.22. The van der Waals surface area contributed by atoms with Crippen molar-refractivity contribution >= 4 is 69.1 Å². The van der Waals surface area contributed by atoms with Gasteiger partial charge in [-0.2, -0.15) is 0 Å². The highest BCUT2D eigenvalue weighted by molar-refractivity contribution is 8.76. The van der Waals surface area contributed by atoms with Gasteiger partial charge in [0.2, 0.25) is 11.8 Å². The van der Waals surface area contributed by atoms with E-state index in [1.807, 2.05) is 71.9 Å². The molecule has 0 aliphatic carbocycles. The number of nitrogens with zero attached hydrogens (tertiary/aromatic N) is 6. The molecule has 0 atom stereocenters. The van der Waals surface area contributed by atoms with E-state index >= 15 is 0 Å². The highest BCUT2D eigenvalue weighted by Crippen LogP contribution is 2.23. The van der Waals surface area contributed by atoms with Crippen molar-refractivity contribution in [2.75, 3.05) is 75.7 Å². The second kappa shape index (κ2) is 22.6. The molecule has 0 spiro atoms. The first-order valence-corrected chi connectivity index (χ1v) is 21.2. The molecule has 0 saturated carbocycles. The van der Waals surface area contributed by atoms with Crippen LogP contribution in [0.25, 0.3) is 24.3 Å². The van der Waals surface area contributed by atoms with Gasteiger partial charge in [-0.3, -0.25) is 9.59 Å². The summed E-state index contributed by atoms with van der Waals surface area (Å²) in [4.78, 5) is 33.5. The second-order valence-electron chi connectivity index (χ2n) is 13.8. The highest BCUT2D eigenvalue weighted by Gasteiger charge is 2.12. The number of hydrogen-bond acceptors (Lipinski definition) is 6. The van der Waals surface area contributed by atoms with E-state index in [9.17, 15) is 9.59 Å². The van der Waals surface area contributed by atoms with Crippen molar-refractivity contribution in [3.63, 3.8) is 0 Å². The van der Waals surface area contributed by atoms with Crippen LogP contribution in [-0.2, 0) is 23.7 Å². The Bertz CT molecular complexity index is 1650. The van der Waals surface area contributed by atoms with E-state index in [0.717, 1.165) is 61.7 Å². The fraction of sp³-hybridized carbons (Fsp3) is 0.364. The van der Waals surface area contributed by atoms with Crippen LogP contribution in [0.15, 0.2) is 97.6 Å². The maximum Gasteiger partial charge on any atom is 0.223 e. The molecule has 0 aliphatic rings. The number of amides is 2. The summed E-state index contributed by atoms with van der Waals surface area (Å²) in [5, 5.41) is 0. The van der Waals surface area contributed by atoms with E-state index in [4.69, 9.17) is 0 Å². The molecular formula is C44H58N6O2S2+2. The lowest BCUT2D eigenvalue weighted by atomic mass is 10.1. The monoisotopic (exact) mass is 766 g/mol. The van der Waals surface area contributed by atoms with Crippen LogP contribution < -0.4 is 18.9 Å². The molecule has 2 heterocycles. The summed E-state index contributed by atoms with van der Waals surface area (Å²) >= 11 is 0. The smallest absolute Gasteiger partial charge is 0.223 e. The molecular weight excluding hydrogens is 709 g/mol. The van der Waals surface area contributed by atoms with Gasteiger partial charge in [-0.25, -0.2) is 9.13 Å². The quantitative estimate of drug-likeness (QED) is 0.0513. The Hall–Kier alpha value is -4.54. The van der Waals surface area contributed by atoms with Gasteiger partial charge in [0, 0.05) is 114 Å². The first-order chi connectivity index (χ1) is 26.1. The van der Waals surface area contributed by atoms with Crippen molar-refractivity contribution in [1.29, 1.82) is 0 Å². The third-order valence-corrected chi connectivity index (χ3v) is 11.7. The molecule has 2 aromatic heterocycles. The number of pyridine rings is 2. The van der Waals surface area contributed by atoms with Crippen LogP contribution >= 0.6 is 21.6 Å². The number of hydrogen-bond donors (Lipinski definition) is 0. The molecule has 0 N–H and O–H groups in total. The number of carbonyl (C=O) groups excluding carboxylic acids is 2. The van der Waals surface area contributed by atoms with Crippen molar-refractivity contribution in [1.82, 2.24) is 9.80 Å². The topological polar surface area (TPSA) is 54.9 Å². The minimum absolute atomic E-state index is 0.167. The number of anilines is 2. The van der Waals surface area contributed by atoms with Crippen LogP contribution in [0.5, 0.6) is 0 Å². The minimum Gasteiger partial charge on any atom is -0.375 e. The maximum atomic E-state index is 12.7. The Balaban J connectivity index is 1.01. The van der Waals surface area contributed by atoms with Crippen molar-refractivity contribution in [3.05, 3.63) is 120 Å². The van der Waals surface area contributed by atoms with Gasteiger partial charge in [0.1, 0.15) is 14.1 Å². The van der Waals surface area contributed by atoms with E-state index in [0.29, 0.717) is 12.8 Å². The predicted octanol–water partition coefficient (Wildman–Crippen LogP) is 7.11. The molecule has 54 heavy (non-hydrogen) atoms. The first kappa shape index (κ1) is 42.2. The zero-order chi connectivity index (χ0) is 38.7. The summed E-state index contributed by atoms with van der Waals surface area (Å²) in [6, 6.07) is 25.5. The number of carbonyl (C=O) groups is 2. The summed E-state index contributed by atoms with van der Waals surface area (Å²) in [5.41, 5.74) is 7.00. The molecule has 4 rings (SSSR count). The molecule has 0 unspecified atom stereocenters. The van der Waals surface area contributed by atoms with Crippen molar-refractivity contribution in [2.45, 2.75) is 25.7 Å². The van der Waals surface area contributed by atoms with Crippen LogP contribution in [-0.4, -0.2) is 87.5 Å². The van der Waals surface area contributed by atoms with Gasteiger partial charge in [-0.05, 0) is 59.4 Å². The molecule has 0 bridgehead atoms. The van der Waals surface area contributed by atoms with Gasteiger partial charge in [0.15, 0.2) is 24.8 Å². The molecule has 4 aromatic rings. The summed E-state index contributed by atoms with van der Waals surface area (Å²) in [6.07, 6.45) is 19.5. The third-order valence-electron chi connectivity index (χ3n) is 9.32. The molecule has 0 radical (unpaired) electrons. The van der Waals surface area contributed by atoms with Crippen LogP contribution in [0, 0.1) is 0 Å². The summed E-state index contributed by atoms with van der Waals surface area (Å²) in [7, 11) is 15.4. The zero-order valence-corrected chi connectivity index (χ0v) is 34.6. The lowest BCUT2D eigenvalue weighted by molar-refractivity contribution is -0.671. The Morgan fingerprint density at radius 2 is 0.815 bits per heavy atom. The number of aryl methyl sites for hydroxylation is 2. The SMILES string of the molecule is CN(CCCN(C)c1ccc(/C=C/c2cc[n+](C)cc2)cc1)C(=O)CCSSCCC(=O)N(C)CCCN(C)c1ccc(/C=C/c2cc[n+](C)cc2)cc1. The van der Waals surface area contributed by atoms with E-state index in [2.05, 4.69) is 121 Å². The average molecular weight is 767 g/mol. The standard InChI is InChI=1S/C44H58N6O2S2/c1-45-31-21-39(22-32-45)11-9-37-13-17-41(18-14-37)47(3)27-7-29-49(5)43(51)25-35-53-54-36-26-44(52)50(6)30-8-28-48(4)42-19-15-38(16-20-42)10-12-40-23-33-46(2)34-24-40/h9-24,31-34H,7-8,25-30,35-36H2,1-6H3/q+2. The normalized spacial score (nSPS) is 11.3. The van der Waals surface area contributed by atoms with Crippen molar-refractivity contribution in [3.8, 4) is 0 Å². The fourth-order valence-corrected chi connectivity index (χ4v) is 7.63. The average Bonchev–Trinajstić information content (AvgIpc) is 3.18. The number of rotatable bonds is 21. The maximum absolute atomic E-state index is 12.7. The van der Waals surface area contributed by atoms with Gasteiger partial charge in [0.05, 0.1) is 0 Å². The van der Waals surface area contributed by atoms with E-state index in [-0.39, 0.29) is 11.8 Å².